The molecule has 0 radical (unpaired) electrons. The van der Waals surface area contributed by atoms with E-state index in [0.29, 0.717) is 11.3 Å². The number of Topliss-reactive ketones (excluding diaryl/α,β-unsaturated/α-hetero) is 1. The van der Waals surface area contributed by atoms with E-state index in [2.05, 4.69) is 10.2 Å². The molecule has 0 unspecified atom stereocenters. The van der Waals surface area contributed by atoms with E-state index in [9.17, 15) is 22.8 Å². The van der Waals surface area contributed by atoms with Gasteiger partial charge in [-0.2, -0.15) is 13.2 Å². The van der Waals surface area contributed by atoms with Crippen LogP contribution in [0, 0.1) is 5.92 Å². The number of nitrogens with one attached hydrogen (secondary N) is 1. The molecule has 1 saturated heterocycles. The van der Waals surface area contributed by atoms with Crippen LogP contribution in [-0.2, 0) is 6.18 Å². The van der Waals surface area contributed by atoms with Crippen LogP contribution in [0.3, 0.4) is 0 Å². The van der Waals surface area contributed by atoms with Crippen LogP contribution < -0.4 is 5.32 Å². The van der Waals surface area contributed by atoms with E-state index in [1.165, 1.54) is 18.2 Å². The van der Waals surface area contributed by atoms with Crippen molar-refractivity contribution in [3.8, 4) is 0 Å². The van der Waals surface area contributed by atoms with Crippen LogP contribution >= 0.6 is 0 Å². The summed E-state index contributed by atoms with van der Waals surface area (Å²) in [4.78, 5) is 27.3. The topological polar surface area (TPSA) is 49.4 Å². The van der Waals surface area contributed by atoms with Crippen LogP contribution in [0.2, 0.25) is 0 Å². The Labute approximate surface area is 161 Å². The molecule has 1 aliphatic heterocycles. The minimum Gasteiger partial charge on any atom is -0.322 e. The van der Waals surface area contributed by atoms with Crippen LogP contribution in [0.15, 0.2) is 48.5 Å². The number of nitrogens with zero attached hydrogens (tertiary/aromatic N) is 1. The first-order valence-electron chi connectivity index (χ1n) is 9.06. The summed E-state index contributed by atoms with van der Waals surface area (Å²) in [5.41, 5.74) is -0.703. The number of rotatable bonds is 4. The molecule has 7 heteroatoms. The van der Waals surface area contributed by atoms with Crippen molar-refractivity contribution in [1.29, 1.82) is 0 Å². The van der Waals surface area contributed by atoms with Gasteiger partial charge in [0.1, 0.15) is 0 Å². The minimum atomic E-state index is -4.63. The van der Waals surface area contributed by atoms with Crippen LogP contribution in [0.1, 0.15) is 39.1 Å². The first kappa shape index (κ1) is 20.1. The SMILES string of the molecule is CN1CCC(C(=O)c2cccc(NC(=O)c3ccccc3C(F)(F)F)c2)CC1. The Bertz CT molecular complexity index is 872. The Kier molecular flexibility index (Phi) is 5.84. The fourth-order valence-corrected chi connectivity index (χ4v) is 3.38. The number of carbonyl (C=O) groups is 2. The highest BCUT2D eigenvalue weighted by molar-refractivity contribution is 6.06. The lowest BCUT2D eigenvalue weighted by Crippen LogP contribution is -2.33. The number of carbonyl (C=O) groups excluding carboxylic acids is 2. The molecule has 2 aromatic rings. The van der Waals surface area contributed by atoms with Crippen LogP contribution in [0.25, 0.3) is 0 Å². The van der Waals surface area contributed by atoms with Gasteiger partial charge in [-0.05, 0) is 57.2 Å². The second kappa shape index (κ2) is 8.14. The molecule has 0 aliphatic carbocycles. The normalized spacial score (nSPS) is 16.0. The summed E-state index contributed by atoms with van der Waals surface area (Å²) in [6.07, 6.45) is -3.09. The standard InChI is InChI=1S/C21H21F3N2O2/c1-26-11-9-14(10-12-26)19(27)15-5-4-6-16(13-15)25-20(28)17-7-2-3-8-18(17)21(22,23)24/h2-8,13-14H,9-12H2,1H3,(H,25,28). The van der Waals surface area contributed by atoms with Gasteiger partial charge in [-0.3, -0.25) is 9.59 Å². The van der Waals surface area contributed by atoms with Gasteiger partial charge in [-0.25, -0.2) is 0 Å². The molecule has 1 heterocycles. The first-order chi connectivity index (χ1) is 13.3. The zero-order valence-electron chi connectivity index (χ0n) is 15.4. The average Bonchev–Trinajstić information content (AvgIpc) is 2.67. The molecule has 0 spiro atoms. The van der Waals surface area contributed by atoms with Crippen molar-refractivity contribution < 1.29 is 22.8 Å². The predicted molar refractivity (Wildman–Crippen MR) is 100 cm³/mol. The van der Waals surface area contributed by atoms with Gasteiger partial charge in [0.05, 0.1) is 11.1 Å². The maximum Gasteiger partial charge on any atom is 0.417 e. The Balaban J connectivity index is 1.77. The largest absolute Gasteiger partial charge is 0.417 e. The average molecular weight is 390 g/mol. The third kappa shape index (κ3) is 4.59. The molecule has 1 amide bonds. The fourth-order valence-electron chi connectivity index (χ4n) is 3.38. The summed E-state index contributed by atoms with van der Waals surface area (Å²) in [6.45, 7) is 1.70. The number of amides is 1. The lowest BCUT2D eigenvalue weighted by atomic mass is 9.89. The number of ketones is 1. The number of benzene rings is 2. The Morgan fingerprint density at radius 3 is 2.39 bits per heavy atom. The minimum absolute atomic E-state index is 0.000101. The number of hydrogen-bond acceptors (Lipinski definition) is 3. The van der Waals surface area contributed by atoms with Gasteiger partial charge in [-0.15, -0.1) is 0 Å². The molecule has 0 saturated carbocycles. The first-order valence-corrected chi connectivity index (χ1v) is 9.06. The second-order valence-corrected chi connectivity index (χ2v) is 7.02. The van der Waals surface area contributed by atoms with Gasteiger partial charge in [0.2, 0.25) is 0 Å². The molecule has 28 heavy (non-hydrogen) atoms. The van der Waals surface area contributed by atoms with Gasteiger partial charge >= 0.3 is 6.18 Å². The molecule has 148 valence electrons. The lowest BCUT2D eigenvalue weighted by Gasteiger charge is -2.28. The van der Waals surface area contributed by atoms with Crippen molar-refractivity contribution in [1.82, 2.24) is 4.90 Å². The third-order valence-electron chi connectivity index (χ3n) is 4.97. The maximum atomic E-state index is 13.1. The van der Waals surface area contributed by atoms with Crippen molar-refractivity contribution in [3.05, 3.63) is 65.2 Å². The quantitative estimate of drug-likeness (QED) is 0.783. The monoisotopic (exact) mass is 390 g/mol. The maximum absolute atomic E-state index is 13.1. The molecule has 0 aromatic heterocycles. The molecule has 1 fully saturated rings. The highest BCUT2D eigenvalue weighted by Crippen LogP contribution is 2.32. The Hall–Kier alpha value is -2.67. The number of halogens is 3. The van der Waals surface area contributed by atoms with E-state index >= 15 is 0 Å². The lowest BCUT2D eigenvalue weighted by molar-refractivity contribution is -0.137. The van der Waals surface area contributed by atoms with E-state index in [1.807, 2.05) is 7.05 Å². The second-order valence-electron chi connectivity index (χ2n) is 7.02. The van der Waals surface area contributed by atoms with Crippen LogP contribution in [0.4, 0.5) is 18.9 Å². The van der Waals surface area contributed by atoms with Crippen LogP contribution in [0.5, 0.6) is 0 Å². The predicted octanol–water partition coefficient (Wildman–Crippen LogP) is 4.48. The molecule has 2 aromatic carbocycles. The van der Waals surface area contributed by atoms with Crippen molar-refractivity contribution in [2.45, 2.75) is 19.0 Å². The summed E-state index contributed by atoms with van der Waals surface area (Å²) < 4.78 is 39.4. The molecular weight excluding hydrogens is 369 g/mol. The van der Waals surface area contributed by atoms with Gasteiger partial charge in [0, 0.05) is 17.2 Å². The van der Waals surface area contributed by atoms with Gasteiger partial charge in [0.15, 0.2) is 5.78 Å². The van der Waals surface area contributed by atoms with Crippen molar-refractivity contribution in [2.75, 3.05) is 25.5 Å². The zero-order chi connectivity index (χ0) is 20.3. The zero-order valence-corrected chi connectivity index (χ0v) is 15.4. The van der Waals surface area contributed by atoms with Crippen molar-refractivity contribution >= 4 is 17.4 Å². The number of likely N-dealkylation sites (tertiary alicyclic amines) is 1. The molecule has 4 nitrogen and oxygen atoms in total. The number of hydrogen-bond donors (Lipinski definition) is 1. The number of anilines is 1. The molecular formula is C21H21F3N2O2. The van der Waals surface area contributed by atoms with Gasteiger partial charge < -0.3 is 10.2 Å². The molecule has 1 N–H and O–H groups in total. The van der Waals surface area contributed by atoms with E-state index < -0.39 is 23.2 Å². The number of alkyl halides is 3. The summed E-state index contributed by atoms with van der Waals surface area (Å²) in [5, 5.41) is 2.48. The Morgan fingerprint density at radius 1 is 1.04 bits per heavy atom. The van der Waals surface area contributed by atoms with E-state index in [4.69, 9.17) is 0 Å². The highest BCUT2D eigenvalue weighted by Gasteiger charge is 2.34. The summed E-state index contributed by atoms with van der Waals surface area (Å²) >= 11 is 0. The van der Waals surface area contributed by atoms with E-state index in [0.717, 1.165) is 38.1 Å². The van der Waals surface area contributed by atoms with Crippen molar-refractivity contribution in [2.24, 2.45) is 5.92 Å². The molecule has 3 rings (SSSR count). The fraction of sp³-hybridized carbons (Fsp3) is 0.333. The van der Waals surface area contributed by atoms with Crippen molar-refractivity contribution in [3.63, 3.8) is 0 Å². The molecule has 1 aliphatic rings. The van der Waals surface area contributed by atoms with Gasteiger partial charge in [-0.1, -0.05) is 24.3 Å². The summed E-state index contributed by atoms with van der Waals surface area (Å²) in [5.74, 6) is -0.940. The van der Waals surface area contributed by atoms with E-state index in [-0.39, 0.29) is 11.7 Å². The molecule has 0 bridgehead atoms. The highest BCUT2D eigenvalue weighted by atomic mass is 19.4. The summed E-state index contributed by atoms with van der Waals surface area (Å²) in [7, 11) is 2.01. The third-order valence-corrected chi connectivity index (χ3v) is 4.97. The Morgan fingerprint density at radius 2 is 1.71 bits per heavy atom. The number of piperidine rings is 1. The molecule has 0 atom stereocenters. The van der Waals surface area contributed by atoms with E-state index in [1.54, 1.807) is 18.2 Å². The van der Waals surface area contributed by atoms with Crippen LogP contribution in [-0.4, -0.2) is 36.7 Å². The van der Waals surface area contributed by atoms with Gasteiger partial charge in [0.25, 0.3) is 5.91 Å². The smallest absolute Gasteiger partial charge is 0.322 e. The summed E-state index contributed by atoms with van der Waals surface area (Å²) in [6, 6.07) is 11.0.